The summed E-state index contributed by atoms with van der Waals surface area (Å²) in [6.45, 7) is 6.20. The Morgan fingerprint density at radius 1 is 0.538 bits per heavy atom. The van der Waals surface area contributed by atoms with E-state index in [1.807, 2.05) is 19.1 Å². The van der Waals surface area contributed by atoms with E-state index >= 15 is 0 Å². The van der Waals surface area contributed by atoms with E-state index in [4.69, 9.17) is 0 Å². The quantitative estimate of drug-likeness (QED) is 0.0421. The molecule has 0 bridgehead atoms. The number of carbonyl (C=O) groups excluding carboxylic acids is 4. The lowest BCUT2D eigenvalue weighted by Crippen LogP contribution is -2.44. The lowest BCUT2D eigenvalue weighted by molar-refractivity contribution is -0.125. The largest absolute Gasteiger partial charge is 0.507 e. The highest BCUT2D eigenvalue weighted by molar-refractivity contribution is 6.00. The lowest BCUT2D eigenvalue weighted by Gasteiger charge is -2.15. The first-order valence-electron chi connectivity index (χ1n) is 20.0. The molecule has 2 aromatic rings. The van der Waals surface area contributed by atoms with Gasteiger partial charge < -0.3 is 10.2 Å². The molecule has 1 atom stereocenters. The molecule has 6 N–H and O–H groups in total. The van der Waals surface area contributed by atoms with Crippen molar-refractivity contribution in [1.29, 1.82) is 0 Å². The van der Waals surface area contributed by atoms with Gasteiger partial charge in [0.15, 0.2) is 0 Å². The molecule has 52 heavy (non-hydrogen) atoms. The molecule has 0 aliphatic heterocycles. The van der Waals surface area contributed by atoms with Crippen LogP contribution in [-0.4, -0.2) is 33.8 Å². The fraction of sp³-hybridized carbons (Fsp3) is 0.619. The molecule has 0 saturated carbocycles. The van der Waals surface area contributed by atoms with Crippen molar-refractivity contribution in [1.82, 2.24) is 21.7 Å². The van der Waals surface area contributed by atoms with E-state index in [1.54, 1.807) is 12.1 Å². The molecule has 10 heteroatoms. The number of hydrogen-bond acceptors (Lipinski definition) is 6. The average molecular weight is 723 g/mol. The van der Waals surface area contributed by atoms with E-state index in [0.29, 0.717) is 25.7 Å². The second-order valence-corrected chi connectivity index (χ2v) is 14.2. The van der Waals surface area contributed by atoms with Crippen molar-refractivity contribution in [3.63, 3.8) is 0 Å². The zero-order valence-corrected chi connectivity index (χ0v) is 32.1. The highest BCUT2D eigenvalue weighted by Crippen LogP contribution is 2.24. The first kappa shape index (κ1) is 44.1. The summed E-state index contributed by atoms with van der Waals surface area (Å²) in [5.41, 5.74) is 11.9. The zero-order valence-electron chi connectivity index (χ0n) is 32.1. The standard InChI is InChI=1S/C42H66N4O6/c1-4-6-8-10-15-19-25-33-27-22-29-35(47)38(33)41(51)45-43-37(49)31-21-17-13-12-14-18-24-32(3)40(50)44-46-42(52)39-34(28-23-30-36(39)48)26-20-16-11-9-7-5-2/h22-23,27-30,32,47-48H,4-21,24-26,31H2,1-3H3,(H,43,49)(H,44,50)(H,45,51)(H,46,52). The van der Waals surface area contributed by atoms with Crippen LogP contribution in [0, 0.1) is 5.92 Å². The van der Waals surface area contributed by atoms with Crippen LogP contribution in [0.2, 0.25) is 0 Å². The number of phenolic OH excluding ortho intramolecular Hbond substituents is 2. The van der Waals surface area contributed by atoms with Crippen LogP contribution in [0.5, 0.6) is 11.5 Å². The molecular weight excluding hydrogens is 656 g/mol. The minimum absolute atomic E-state index is 0.0892. The van der Waals surface area contributed by atoms with Crippen LogP contribution in [0.15, 0.2) is 36.4 Å². The molecule has 0 heterocycles. The summed E-state index contributed by atoms with van der Waals surface area (Å²) in [6.07, 6.45) is 21.3. The smallest absolute Gasteiger partial charge is 0.273 e. The van der Waals surface area contributed by atoms with Crippen LogP contribution in [0.25, 0.3) is 0 Å². The Labute approximate surface area is 312 Å². The van der Waals surface area contributed by atoms with Crippen molar-refractivity contribution in [3.8, 4) is 11.5 Å². The van der Waals surface area contributed by atoms with Crippen LogP contribution in [0.1, 0.15) is 181 Å². The molecule has 4 amide bonds. The number of aryl methyl sites for hydroxylation is 2. The van der Waals surface area contributed by atoms with Crippen molar-refractivity contribution in [3.05, 3.63) is 58.7 Å². The fourth-order valence-corrected chi connectivity index (χ4v) is 6.44. The van der Waals surface area contributed by atoms with Gasteiger partial charge in [-0.2, -0.15) is 0 Å². The van der Waals surface area contributed by atoms with Crippen molar-refractivity contribution in [2.75, 3.05) is 0 Å². The lowest BCUT2D eigenvalue weighted by atomic mass is 9.99. The number of phenols is 2. The summed E-state index contributed by atoms with van der Waals surface area (Å²) < 4.78 is 0. The monoisotopic (exact) mass is 722 g/mol. The molecule has 0 aromatic heterocycles. The molecule has 0 spiro atoms. The summed E-state index contributed by atoms with van der Waals surface area (Å²) in [6, 6.07) is 10.2. The van der Waals surface area contributed by atoms with Crippen LogP contribution < -0.4 is 21.7 Å². The maximum atomic E-state index is 12.9. The number of benzene rings is 2. The normalized spacial score (nSPS) is 11.5. The van der Waals surface area contributed by atoms with Crippen LogP contribution >= 0.6 is 0 Å². The van der Waals surface area contributed by atoms with E-state index in [2.05, 4.69) is 35.6 Å². The Balaban J connectivity index is 1.59. The van der Waals surface area contributed by atoms with Gasteiger partial charge in [-0.3, -0.25) is 40.9 Å². The van der Waals surface area contributed by atoms with E-state index in [1.165, 1.54) is 50.7 Å². The maximum absolute atomic E-state index is 12.9. The summed E-state index contributed by atoms with van der Waals surface area (Å²) in [4.78, 5) is 50.7. The minimum Gasteiger partial charge on any atom is -0.507 e. The molecule has 290 valence electrons. The second kappa shape index (κ2) is 26.7. The Hall–Kier alpha value is -4.08. The summed E-state index contributed by atoms with van der Waals surface area (Å²) in [5, 5.41) is 20.7. The highest BCUT2D eigenvalue weighted by atomic mass is 16.3. The topological polar surface area (TPSA) is 157 Å². The molecule has 0 fully saturated rings. The summed E-state index contributed by atoms with van der Waals surface area (Å²) >= 11 is 0. The van der Waals surface area contributed by atoms with Crippen molar-refractivity contribution in [2.24, 2.45) is 5.92 Å². The molecule has 0 aliphatic carbocycles. The van der Waals surface area contributed by atoms with Gasteiger partial charge in [-0.25, -0.2) is 0 Å². The number of rotatable bonds is 26. The van der Waals surface area contributed by atoms with Gasteiger partial charge in [0.1, 0.15) is 11.5 Å². The number of hydrazine groups is 2. The molecule has 2 rings (SSSR count). The van der Waals surface area contributed by atoms with Gasteiger partial charge in [-0.15, -0.1) is 0 Å². The summed E-state index contributed by atoms with van der Waals surface area (Å²) in [5.74, 6) is -2.03. The van der Waals surface area contributed by atoms with Gasteiger partial charge in [0.05, 0.1) is 11.1 Å². The van der Waals surface area contributed by atoms with Gasteiger partial charge >= 0.3 is 0 Å². The molecule has 0 saturated heterocycles. The molecule has 0 radical (unpaired) electrons. The van der Waals surface area contributed by atoms with E-state index in [0.717, 1.165) is 81.8 Å². The van der Waals surface area contributed by atoms with E-state index in [9.17, 15) is 29.4 Å². The number of unbranched alkanes of at least 4 members (excludes halogenated alkanes) is 15. The van der Waals surface area contributed by atoms with E-state index in [-0.39, 0.29) is 46.8 Å². The number of hydrogen-bond donors (Lipinski definition) is 6. The van der Waals surface area contributed by atoms with Gasteiger partial charge in [0.25, 0.3) is 11.8 Å². The Morgan fingerprint density at radius 3 is 1.46 bits per heavy atom. The number of amides is 4. The zero-order chi connectivity index (χ0) is 38.0. The number of nitrogens with one attached hydrogen (secondary N) is 4. The average Bonchev–Trinajstić information content (AvgIpc) is 3.13. The van der Waals surface area contributed by atoms with Gasteiger partial charge in [-0.1, -0.05) is 141 Å². The van der Waals surface area contributed by atoms with Gasteiger partial charge in [0.2, 0.25) is 11.8 Å². The molecule has 0 aliphatic rings. The molecule has 2 aromatic carbocycles. The van der Waals surface area contributed by atoms with Crippen molar-refractivity contribution < 1.29 is 29.4 Å². The second-order valence-electron chi connectivity index (χ2n) is 14.2. The number of aromatic hydroxyl groups is 2. The van der Waals surface area contributed by atoms with Crippen molar-refractivity contribution in [2.45, 2.75) is 162 Å². The Bertz CT molecular complexity index is 1360. The first-order valence-corrected chi connectivity index (χ1v) is 20.0. The third-order valence-corrected chi connectivity index (χ3v) is 9.66. The fourth-order valence-electron chi connectivity index (χ4n) is 6.44. The predicted molar refractivity (Wildman–Crippen MR) is 208 cm³/mol. The Morgan fingerprint density at radius 2 is 0.962 bits per heavy atom. The third-order valence-electron chi connectivity index (χ3n) is 9.66. The van der Waals surface area contributed by atoms with Crippen LogP contribution in [0.3, 0.4) is 0 Å². The number of carbonyl (C=O) groups is 4. The SMILES string of the molecule is CCCCCCCCc1cccc(O)c1C(=O)NNC(=O)CCCCCCCCC(C)C(=O)NNC(=O)c1c(O)cccc1CCCCCCCC. The van der Waals surface area contributed by atoms with Crippen LogP contribution in [0.4, 0.5) is 0 Å². The van der Waals surface area contributed by atoms with Gasteiger partial charge in [0, 0.05) is 12.3 Å². The molecular formula is C42H66N4O6. The molecule has 1 unspecified atom stereocenters. The Kier molecular flexibility index (Phi) is 22.6. The van der Waals surface area contributed by atoms with Crippen LogP contribution in [-0.2, 0) is 22.4 Å². The third kappa shape index (κ3) is 17.4. The van der Waals surface area contributed by atoms with Gasteiger partial charge in [-0.05, 0) is 61.8 Å². The summed E-state index contributed by atoms with van der Waals surface area (Å²) in [7, 11) is 0. The minimum atomic E-state index is -0.515. The van der Waals surface area contributed by atoms with Crippen molar-refractivity contribution >= 4 is 23.6 Å². The highest BCUT2D eigenvalue weighted by Gasteiger charge is 2.19. The first-order chi connectivity index (χ1) is 25.2. The molecule has 10 nitrogen and oxygen atoms in total. The predicted octanol–water partition coefficient (Wildman–Crippen LogP) is 8.88. The van der Waals surface area contributed by atoms with E-state index < -0.39 is 11.8 Å². The maximum Gasteiger partial charge on any atom is 0.273 e.